The van der Waals surface area contributed by atoms with Crippen molar-refractivity contribution in [1.82, 2.24) is 4.90 Å². The van der Waals surface area contributed by atoms with E-state index in [4.69, 9.17) is 5.73 Å². The van der Waals surface area contributed by atoms with E-state index in [0.717, 1.165) is 12.5 Å². The second kappa shape index (κ2) is 7.80. The Morgan fingerprint density at radius 3 is 2.60 bits per heavy atom. The predicted octanol–water partition coefficient (Wildman–Crippen LogP) is 3.76. The van der Waals surface area contributed by atoms with Crippen molar-refractivity contribution >= 4 is 0 Å². The van der Waals surface area contributed by atoms with Crippen LogP contribution >= 0.6 is 0 Å². The van der Waals surface area contributed by atoms with E-state index in [1.807, 2.05) is 0 Å². The molecule has 112 valence electrons. The first-order chi connectivity index (χ1) is 9.72. The van der Waals surface area contributed by atoms with E-state index in [9.17, 15) is 0 Å². The van der Waals surface area contributed by atoms with Crippen molar-refractivity contribution in [3.05, 3.63) is 35.4 Å². The lowest BCUT2D eigenvalue weighted by Gasteiger charge is -2.21. The fourth-order valence-electron chi connectivity index (χ4n) is 3.33. The molecule has 2 rings (SSSR count). The predicted molar refractivity (Wildman–Crippen MR) is 86.8 cm³/mol. The van der Waals surface area contributed by atoms with Gasteiger partial charge in [-0.25, -0.2) is 0 Å². The molecule has 20 heavy (non-hydrogen) atoms. The Labute approximate surface area is 124 Å². The van der Waals surface area contributed by atoms with Gasteiger partial charge in [0.25, 0.3) is 0 Å². The van der Waals surface area contributed by atoms with Gasteiger partial charge in [0.2, 0.25) is 0 Å². The Bertz CT molecular complexity index is 385. The number of nitrogens with two attached hydrogens (primary N) is 1. The number of hydrogen-bond donors (Lipinski definition) is 1. The molecule has 1 aliphatic heterocycles. The van der Waals surface area contributed by atoms with Gasteiger partial charge >= 0.3 is 0 Å². The summed E-state index contributed by atoms with van der Waals surface area (Å²) in [5.41, 5.74) is 9.08. The Morgan fingerprint density at radius 1 is 1.20 bits per heavy atom. The summed E-state index contributed by atoms with van der Waals surface area (Å²) in [4.78, 5) is 2.55. The highest BCUT2D eigenvalue weighted by molar-refractivity contribution is 5.25. The molecule has 1 fully saturated rings. The summed E-state index contributed by atoms with van der Waals surface area (Å²) >= 11 is 0. The van der Waals surface area contributed by atoms with Crippen molar-refractivity contribution in [2.75, 3.05) is 19.6 Å². The molecule has 1 aromatic carbocycles. The third-order valence-electron chi connectivity index (χ3n) is 4.47. The van der Waals surface area contributed by atoms with Crippen molar-refractivity contribution in [2.45, 2.75) is 52.0 Å². The molecule has 1 heterocycles. The molecule has 2 nitrogen and oxygen atoms in total. The number of rotatable bonds is 7. The van der Waals surface area contributed by atoms with Crippen LogP contribution in [0.3, 0.4) is 0 Å². The molecule has 0 spiro atoms. The lowest BCUT2D eigenvalue weighted by molar-refractivity contribution is 0.300. The summed E-state index contributed by atoms with van der Waals surface area (Å²) < 4.78 is 0. The largest absolute Gasteiger partial charge is 0.323 e. The van der Waals surface area contributed by atoms with Crippen LogP contribution in [0.5, 0.6) is 0 Å². The fourth-order valence-corrected chi connectivity index (χ4v) is 3.33. The summed E-state index contributed by atoms with van der Waals surface area (Å²) in [6.07, 6.45) is 6.41. The van der Waals surface area contributed by atoms with Crippen molar-refractivity contribution in [3.63, 3.8) is 0 Å². The van der Waals surface area contributed by atoms with Gasteiger partial charge in [-0.2, -0.15) is 0 Å². The topological polar surface area (TPSA) is 29.3 Å². The van der Waals surface area contributed by atoms with E-state index < -0.39 is 0 Å². The molecular formula is C18H30N2. The first kappa shape index (κ1) is 15.5. The number of benzene rings is 1. The molecule has 0 saturated carbocycles. The van der Waals surface area contributed by atoms with Crippen LogP contribution in [0, 0.1) is 5.92 Å². The SMILES string of the molecule is CCCc1ccc(C(N)CN2CCC(CCC)C2)cc1. The van der Waals surface area contributed by atoms with E-state index in [2.05, 4.69) is 43.0 Å². The van der Waals surface area contributed by atoms with Gasteiger partial charge in [-0.3, -0.25) is 0 Å². The first-order valence-corrected chi connectivity index (χ1v) is 8.29. The summed E-state index contributed by atoms with van der Waals surface area (Å²) in [5.74, 6) is 0.902. The molecule has 1 aliphatic rings. The Balaban J connectivity index is 1.84. The van der Waals surface area contributed by atoms with Gasteiger partial charge in [0, 0.05) is 19.1 Å². The maximum atomic E-state index is 6.38. The summed E-state index contributed by atoms with van der Waals surface area (Å²) in [5, 5.41) is 0. The molecule has 0 radical (unpaired) electrons. The molecule has 0 aliphatic carbocycles. The minimum atomic E-state index is 0.158. The standard InChI is InChI=1S/C18H30N2/c1-3-5-15-7-9-17(10-8-15)18(19)14-20-12-11-16(13-20)6-4-2/h7-10,16,18H,3-6,11-14,19H2,1-2H3. The lowest BCUT2D eigenvalue weighted by atomic mass is 10.0. The molecule has 2 heteroatoms. The zero-order valence-corrected chi connectivity index (χ0v) is 13.1. The highest BCUT2D eigenvalue weighted by atomic mass is 15.2. The Kier molecular flexibility index (Phi) is 6.06. The number of hydrogen-bond acceptors (Lipinski definition) is 2. The zero-order chi connectivity index (χ0) is 14.4. The van der Waals surface area contributed by atoms with Crippen molar-refractivity contribution in [3.8, 4) is 0 Å². The monoisotopic (exact) mass is 274 g/mol. The van der Waals surface area contributed by atoms with E-state index in [0.29, 0.717) is 0 Å². The average molecular weight is 274 g/mol. The normalized spacial score (nSPS) is 21.2. The van der Waals surface area contributed by atoms with Crippen LogP contribution in [0.4, 0.5) is 0 Å². The van der Waals surface area contributed by atoms with Crippen molar-refractivity contribution in [1.29, 1.82) is 0 Å². The van der Waals surface area contributed by atoms with Gasteiger partial charge in [-0.05, 0) is 42.9 Å². The molecule has 2 N–H and O–H groups in total. The highest BCUT2D eigenvalue weighted by Crippen LogP contribution is 2.23. The van der Waals surface area contributed by atoms with E-state index in [1.165, 1.54) is 56.3 Å². The van der Waals surface area contributed by atoms with Crippen LogP contribution in [0.2, 0.25) is 0 Å². The Hall–Kier alpha value is -0.860. The van der Waals surface area contributed by atoms with Gasteiger partial charge in [0.15, 0.2) is 0 Å². The Morgan fingerprint density at radius 2 is 1.95 bits per heavy atom. The molecule has 0 amide bonds. The van der Waals surface area contributed by atoms with Crippen LogP contribution in [0.1, 0.15) is 56.7 Å². The maximum Gasteiger partial charge on any atom is 0.0424 e. The van der Waals surface area contributed by atoms with E-state index >= 15 is 0 Å². The second-order valence-corrected chi connectivity index (χ2v) is 6.30. The minimum Gasteiger partial charge on any atom is -0.323 e. The van der Waals surface area contributed by atoms with Gasteiger partial charge < -0.3 is 10.6 Å². The third kappa shape index (κ3) is 4.32. The van der Waals surface area contributed by atoms with Crippen molar-refractivity contribution in [2.24, 2.45) is 11.7 Å². The first-order valence-electron chi connectivity index (χ1n) is 8.29. The third-order valence-corrected chi connectivity index (χ3v) is 4.47. The molecule has 1 aromatic rings. The molecule has 0 bridgehead atoms. The van der Waals surface area contributed by atoms with E-state index in [-0.39, 0.29) is 6.04 Å². The zero-order valence-electron chi connectivity index (χ0n) is 13.1. The fraction of sp³-hybridized carbons (Fsp3) is 0.667. The van der Waals surface area contributed by atoms with Crippen LogP contribution in [0.15, 0.2) is 24.3 Å². The van der Waals surface area contributed by atoms with Crippen molar-refractivity contribution < 1.29 is 0 Å². The highest BCUT2D eigenvalue weighted by Gasteiger charge is 2.23. The molecule has 2 atom stereocenters. The van der Waals surface area contributed by atoms with Crippen LogP contribution < -0.4 is 5.73 Å². The molecule has 2 unspecified atom stereocenters. The number of likely N-dealkylation sites (tertiary alicyclic amines) is 1. The average Bonchev–Trinajstić information content (AvgIpc) is 2.88. The number of aryl methyl sites for hydroxylation is 1. The van der Waals surface area contributed by atoms with Gasteiger partial charge in [-0.15, -0.1) is 0 Å². The van der Waals surface area contributed by atoms with Crippen LogP contribution in [-0.2, 0) is 6.42 Å². The van der Waals surface area contributed by atoms with E-state index in [1.54, 1.807) is 0 Å². The minimum absolute atomic E-state index is 0.158. The van der Waals surface area contributed by atoms with Gasteiger partial charge in [0.05, 0.1) is 0 Å². The molecule has 1 saturated heterocycles. The lowest BCUT2D eigenvalue weighted by Crippen LogP contribution is -2.30. The van der Waals surface area contributed by atoms with Gasteiger partial charge in [-0.1, -0.05) is 51.0 Å². The summed E-state index contributed by atoms with van der Waals surface area (Å²) in [6, 6.07) is 9.07. The molecule has 0 aromatic heterocycles. The molecular weight excluding hydrogens is 244 g/mol. The summed E-state index contributed by atoms with van der Waals surface area (Å²) in [6.45, 7) is 7.99. The summed E-state index contributed by atoms with van der Waals surface area (Å²) in [7, 11) is 0. The van der Waals surface area contributed by atoms with Crippen LogP contribution in [0.25, 0.3) is 0 Å². The number of nitrogens with zero attached hydrogens (tertiary/aromatic N) is 1. The van der Waals surface area contributed by atoms with Crippen LogP contribution in [-0.4, -0.2) is 24.5 Å². The maximum absolute atomic E-state index is 6.38. The quantitative estimate of drug-likeness (QED) is 0.820. The smallest absolute Gasteiger partial charge is 0.0424 e. The second-order valence-electron chi connectivity index (χ2n) is 6.30. The van der Waals surface area contributed by atoms with Gasteiger partial charge in [0.1, 0.15) is 0 Å².